The molecular weight excluding hydrogens is 376 g/mol. The molecule has 1 fully saturated rings. The topological polar surface area (TPSA) is 83.3 Å². The number of hydrogen-bond acceptors (Lipinski definition) is 6. The minimum absolute atomic E-state index is 0.219. The Kier molecular flexibility index (Phi) is 3.89. The van der Waals surface area contributed by atoms with Gasteiger partial charge in [0.05, 0.1) is 36.8 Å². The molecule has 0 unspecified atom stereocenters. The third-order valence-electron chi connectivity index (χ3n) is 6.00. The largest absolute Gasteiger partial charge is 0.397 e. The molecule has 1 atom stereocenters. The van der Waals surface area contributed by atoms with Gasteiger partial charge >= 0.3 is 0 Å². The minimum atomic E-state index is 0.219. The van der Waals surface area contributed by atoms with Crippen LogP contribution in [0.4, 0.5) is 22.9 Å². The van der Waals surface area contributed by atoms with Crippen molar-refractivity contribution in [2.24, 2.45) is 0 Å². The molecule has 1 saturated heterocycles. The smallest absolute Gasteiger partial charge is 0.162 e. The summed E-state index contributed by atoms with van der Waals surface area (Å²) in [5, 5.41) is 1.12. The average molecular weight is 398 g/mol. The summed E-state index contributed by atoms with van der Waals surface area (Å²) >= 11 is 0. The minimum Gasteiger partial charge on any atom is -0.397 e. The first-order valence-electron chi connectivity index (χ1n) is 10.2. The van der Waals surface area contributed by atoms with Gasteiger partial charge in [-0.2, -0.15) is 0 Å². The van der Waals surface area contributed by atoms with E-state index in [-0.39, 0.29) is 6.04 Å². The Morgan fingerprint density at radius 3 is 2.93 bits per heavy atom. The van der Waals surface area contributed by atoms with E-state index in [0.29, 0.717) is 13.2 Å². The van der Waals surface area contributed by atoms with Crippen LogP contribution in [0.25, 0.3) is 22.3 Å². The molecule has 0 radical (unpaired) electrons. The summed E-state index contributed by atoms with van der Waals surface area (Å²) < 4.78 is 5.78. The predicted octanol–water partition coefficient (Wildman–Crippen LogP) is 3.56. The van der Waals surface area contributed by atoms with Crippen LogP contribution in [0.5, 0.6) is 0 Å². The Balaban J connectivity index is 1.53. The molecule has 0 bridgehead atoms. The molecule has 4 aromatic rings. The zero-order chi connectivity index (χ0) is 20.1. The standard InChI is InChI=1S/C23H22N6O/c24-18-5-1-2-7-20(18)29-13-15-14-30-11-10-28(15)23-21(29)12-26-22(27-23)17-4-3-6-19-16(17)8-9-25-19/h1-9,12,15,25H,10-11,13-14,24H2/t15-/m1/s1. The van der Waals surface area contributed by atoms with Gasteiger partial charge in [0.15, 0.2) is 11.6 Å². The van der Waals surface area contributed by atoms with Crippen molar-refractivity contribution in [2.45, 2.75) is 6.04 Å². The number of fused-ring (bicyclic) bond motifs is 4. The lowest BCUT2D eigenvalue weighted by Crippen LogP contribution is -2.54. The van der Waals surface area contributed by atoms with Gasteiger partial charge in [0, 0.05) is 35.8 Å². The normalized spacial score (nSPS) is 18.3. The maximum absolute atomic E-state index is 6.32. The number of ether oxygens (including phenoxy) is 1. The van der Waals surface area contributed by atoms with Crippen molar-refractivity contribution < 1.29 is 4.74 Å². The Morgan fingerprint density at radius 1 is 1.07 bits per heavy atom. The second-order valence-corrected chi connectivity index (χ2v) is 7.74. The van der Waals surface area contributed by atoms with Crippen LogP contribution in [-0.4, -0.2) is 47.3 Å². The molecule has 0 amide bonds. The Bertz CT molecular complexity index is 1240. The number of benzene rings is 2. The van der Waals surface area contributed by atoms with Crippen molar-refractivity contribution in [1.82, 2.24) is 15.0 Å². The van der Waals surface area contributed by atoms with Crippen LogP contribution in [0.1, 0.15) is 0 Å². The molecule has 3 N–H and O–H groups in total. The summed E-state index contributed by atoms with van der Waals surface area (Å²) in [6, 6.07) is 16.4. The maximum atomic E-state index is 6.32. The van der Waals surface area contributed by atoms with E-state index in [2.05, 4.69) is 33.0 Å². The van der Waals surface area contributed by atoms with Crippen molar-refractivity contribution >= 4 is 33.8 Å². The van der Waals surface area contributed by atoms with Gasteiger partial charge < -0.3 is 25.3 Å². The molecule has 7 heteroatoms. The van der Waals surface area contributed by atoms with Crippen LogP contribution >= 0.6 is 0 Å². The second kappa shape index (κ2) is 6.74. The fourth-order valence-electron chi connectivity index (χ4n) is 4.53. The number of rotatable bonds is 2. The van der Waals surface area contributed by atoms with Crippen molar-refractivity contribution in [3.05, 3.63) is 60.9 Å². The fourth-order valence-corrected chi connectivity index (χ4v) is 4.53. The van der Waals surface area contributed by atoms with Gasteiger partial charge in [0.25, 0.3) is 0 Å². The lowest BCUT2D eigenvalue weighted by molar-refractivity contribution is 0.0945. The molecule has 2 aliphatic heterocycles. The summed E-state index contributed by atoms with van der Waals surface area (Å²) in [7, 11) is 0. The highest BCUT2D eigenvalue weighted by Crippen LogP contribution is 2.41. The summed E-state index contributed by atoms with van der Waals surface area (Å²) in [6.07, 6.45) is 3.88. The summed E-state index contributed by atoms with van der Waals surface area (Å²) in [4.78, 5) is 17.7. The second-order valence-electron chi connectivity index (χ2n) is 7.74. The molecule has 2 aliphatic rings. The van der Waals surface area contributed by atoms with E-state index in [0.717, 1.165) is 58.3 Å². The van der Waals surface area contributed by atoms with Gasteiger partial charge in [-0.15, -0.1) is 0 Å². The van der Waals surface area contributed by atoms with Crippen LogP contribution in [-0.2, 0) is 4.74 Å². The van der Waals surface area contributed by atoms with Gasteiger partial charge in [-0.05, 0) is 24.3 Å². The monoisotopic (exact) mass is 398 g/mol. The summed E-state index contributed by atoms with van der Waals surface area (Å²) in [5.41, 5.74) is 11.1. The third kappa shape index (κ3) is 2.63. The van der Waals surface area contributed by atoms with Gasteiger partial charge in [-0.25, -0.2) is 9.97 Å². The van der Waals surface area contributed by atoms with Crippen LogP contribution in [0.15, 0.2) is 60.9 Å². The van der Waals surface area contributed by atoms with E-state index < -0.39 is 0 Å². The van der Waals surface area contributed by atoms with Gasteiger partial charge in [0.2, 0.25) is 0 Å². The first kappa shape index (κ1) is 17.3. The van der Waals surface area contributed by atoms with Crippen molar-refractivity contribution in [2.75, 3.05) is 41.8 Å². The Morgan fingerprint density at radius 2 is 2.00 bits per heavy atom. The molecule has 0 spiro atoms. The SMILES string of the molecule is Nc1ccccc1N1C[C@@H]2COCCN2c2nc(-c3cccc4[nH]ccc34)ncc21. The highest BCUT2D eigenvalue weighted by atomic mass is 16.5. The average Bonchev–Trinajstić information content (AvgIpc) is 3.28. The van der Waals surface area contributed by atoms with Crippen LogP contribution in [0, 0.1) is 0 Å². The molecule has 4 heterocycles. The highest BCUT2D eigenvalue weighted by molar-refractivity contribution is 5.94. The number of nitrogens with one attached hydrogen (secondary N) is 1. The number of H-pyrrole nitrogens is 1. The summed E-state index contributed by atoms with van der Waals surface area (Å²) in [5.74, 6) is 1.67. The van der Waals surface area contributed by atoms with Crippen LogP contribution in [0.2, 0.25) is 0 Å². The zero-order valence-corrected chi connectivity index (χ0v) is 16.5. The molecule has 0 saturated carbocycles. The van der Waals surface area contributed by atoms with Crippen molar-refractivity contribution in [3.8, 4) is 11.4 Å². The first-order valence-corrected chi connectivity index (χ1v) is 10.2. The van der Waals surface area contributed by atoms with Gasteiger partial charge in [-0.3, -0.25) is 0 Å². The predicted molar refractivity (Wildman–Crippen MR) is 119 cm³/mol. The van der Waals surface area contributed by atoms with E-state index >= 15 is 0 Å². The quantitative estimate of drug-likeness (QED) is 0.503. The van der Waals surface area contributed by atoms with Gasteiger partial charge in [-0.1, -0.05) is 24.3 Å². The number of anilines is 4. The van der Waals surface area contributed by atoms with E-state index in [4.69, 9.17) is 20.4 Å². The summed E-state index contributed by atoms with van der Waals surface area (Å²) in [6.45, 7) is 2.99. The zero-order valence-electron chi connectivity index (χ0n) is 16.5. The Hall–Kier alpha value is -3.58. The molecular formula is C23H22N6O. The molecule has 150 valence electrons. The fraction of sp³-hybridized carbons (Fsp3) is 0.217. The van der Waals surface area contributed by atoms with Crippen LogP contribution < -0.4 is 15.5 Å². The number of nitrogens with zero attached hydrogens (tertiary/aromatic N) is 4. The molecule has 7 nitrogen and oxygen atoms in total. The molecule has 0 aliphatic carbocycles. The number of hydrogen-bond donors (Lipinski definition) is 2. The lowest BCUT2D eigenvalue weighted by atomic mass is 10.1. The highest BCUT2D eigenvalue weighted by Gasteiger charge is 2.36. The number of aromatic nitrogens is 3. The molecule has 2 aromatic carbocycles. The van der Waals surface area contributed by atoms with Crippen LogP contribution in [0.3, 0.4) is 0 Å². The number of nitrogen functional groups attached to an aromatic ring is 1. The van der Waals surface area contributed by atoms with E-state index in [1.165, 1.54) is 0 Å². The first-order chi connectivity index (χ1) is 14.8. The number of nitrogens with two attached hydrogens (primary N) is 1. The van der Waals surface area contributed by atoms with E-state index in [1.807, 2.05) is 42.7 Å². The molecule has 6 rings (SSSR count). The number of aromatic amines is 1. The Labute approximate surface area is 174 Å². The molecule has 30 heavy (non-hydrogen) atoms. The molecule has 2 aromatic heterocycles. The van der Waals surface area contributed by atoms with Crippen molar-refractivity contribution in [1.29, 1.82) is 0 Å². The third-order valence-corrected chi connectivity index (χ3v) is 6.00. The van der Waals surface area contributed by atoms with E-state index in [9.17, 15) is 0 Å². The lowest BCUT2D eigenvalue weighted by Gasteiger charge is -2.45. The maximum Gasteiger partial charge on any atom is 0.162 e. The number of morpholine rings is 1. The van der Waals surface area contributed by atoms with Crippen molar-refractivity contribution in [3.63, 3.8) is 0 Å². The van der Waals surface area contributed by atoms with E-state index in [1.54, 1.807) is 0 Å². The van der Waals surface area contributed by atoms with Gasteiger partial charge in [0.1, 0.15) is 5.69 Å². The number of para-hydroxylation sites is 2.